The van der Waals surface area contributed by atoms with Crippen LogP contribution in [0.25, 0.3) is 0 Å². The van der Waals surface area contributed by atoms with Gasteiger partial charge in [-0.05, 0) is 26.7 Å². The van der Waals surface area contributed by atoms with Crippen molar-refractivity contribution in [3.05, 3.63) is 17.9 Å². The zero-order valence-electron chi connectivity index (χ0n) is 12.0. The van der Waals surface area contributed by atoms with Crippen LogP contribution in [0.4, 0.5) is 4.79 Å². The van der Waals surface area contributed by atoms with Crippen molar-refractivity contribution in [2.45, 2.75) is 56.3 Å². The number of furan rings is 1. The van der Waals surface area contributed by atoms with Crippen LogP contribution in [-0.2, 0) is 15.6 Å². The quantitative estimate of drug-likeness (QED) is 0.779. The van der Waals surface area contributed by atoms with Crippen LogP contribution in [0.3, 0.4) is 0 Å². The van der Waals surface area contributed by atoms with Gasteiger partial charge in [0.25, 0.3) is 10.0 Å². The van der Waals surface area contributed by atoms with E-state index < -0.39 is 26.7 Å². The van der Waals surface area contributed by atoms with Crippen molar-refractivity contribution in [1.29, 1.82) is 0 Å². The molecule has 0 spiro atoms. The van der Waals surface area contributed by atoms with Crippen LogP contribution in [0.1, 0.15) is 45.1 Å². The number of hydrogen-bond acceptors (Lipinski definition) is 5. The van der Waals surface area contributed by atoms with E-state index in [0.717, 1.165) is 31.9 Å². The van der Waals surface area contributed by atoms with Gasteiger partial charge in [0, 0.05) is 17.7 Å². The minimum absolute atomic E-state index is 0.0173. The molecule has 1 aromatic rings. The van der Waals surface area contributed by atoms with Gasteiger partial charge in [-0.2, -0.15) is 8.42 Å². The Bertz CT molecular complexity index is 609. The van der Waals surface area contributed by atoms with E-state index in [-0.39, 0.29) is 6.04 Å². The first-order chi connectivity index (χ1) is 9.68. The fourth-order valence-corrected chi connectivity index (χ4v) is 3.10. The zero-order chi connectivity index (χ0) is 15.7. The molecule has 0 atom stereocenters. The van der Waals surface area contributed by atoms with Crippen molar-refractivity contribution in [1.82, 2.24) is 10.0 Å². The minimum atomic E-state index is -4.08. The first-order valence-electron chi connectivity index (χ1n) is 6.83. The van der Waals surface area contributed by atoms with Gasteiger partial charge in [0.15, 0.2) is 0 Å². The average Bonchev–Trinajstić information content (AvgIpc) is 2.96. The van der Waals surface area contributed by atoms with E-state index in [0.29, 0.717) is 5.56 Å². The predicted molar refractivity (Wildman–Crippen MR) is 75.1 cm³/mol. The van der Waals surface area contributed by atoms with Crippen LogP contribution < -0.4 is 10.0 Å². The highest BCUT2D eigenvalue weighted by molar-refractivity contribution is 7.89. The highest BCUT2D eigenvalue weighted by Gasteiger charge is 2.27. The van der Waals surface area contributed by atoms with E-state index in [1.807, 2.05) is 4.72 Å². The molecule has 2 amide bonds. The normalized spacial score (nSPS) is 16.9. The molecule has 3 N–H and O–H groups in total. The monoisotopic (exact) mass is 316 g/mol. The molecular weight excluding hydrogens is 296 g/mol. The summed E-state index contributed by atoms with van der Waals surface area (Å²) < 4.78 is 30.9. The largest absolute Gasteiger partial charge is 0.451 e. The molecule has 21 heavy (non-hydrogen) atoms. The van der Waals surface area contributed by atoms with Gasteiger partial charge < -0.3 is 14.8 Å². The van der Waals surface area contributed by atoms with E-state index in [1.54, 1.807) is 0 Å². The van der Waals surface area contributed by atoms with Gasteiger partial charge in [0.05, 0.1) is 11.9 Å². The van der Waals surface area contributed by atoms with E-state index in [4.69, 9.17) is 4.42 Å². The number of hydrogen-bond donors (Lipinski definition) is 3. The first kappa shape index (κ1) is 15.8. The van der Waals surface area contributed by atoms with Crippen LogP contribution >= 0.6 is 0 Å². The summed E-state index contributed by atoms with van der Waals surface area (Å²) in [4.78, 5) is 11.7. The Morgan fingerprint density at radius 1 is 1.38 bits per heavy atom. The lowest BCUT2D eigenvalue weighted by molar-refractivity contribution is 0.0779. The Kier molecular flexibility index (Phi) is 4.29. The van der Waals surface area contributed by atoms with Crippen molar-refractivity contribution in [2.75, 3.05) is 0 Å². The van der Waals surface area contributed by atoms with Crippen molar-refractivity contribution >= 4 is 16.1 Å². The third-order valence-electron chi connectivity index (χ3n) is 3.46. The Hall–Kier alpha value is -1.54. The van der Waals surface area contributed by atoms with Crippen molar-refractivity contribution in [3.63, 3.8) is 0 Å². The molecule has 1 fully saturated rings. The van der Waals surface area contributed by atoms with Gasteiger partial charge in [-0.1, -0.05) is 12.8 Å². The molecule has 1 saturated carbocycles. The summed E-state index contributed by atoms with van der Waals surface area (Å²) in [7, 11) is -4.08. The maximum atomic E-state index is 12.0. The van der Waals surface area contributed by atoms with Gasteiger partial charge >= 0.3 is 6.03 Å². The molecule has 1 heterocycles. The molecule has 0 bridgehead atoms. The summed E-state index contributed by atoms with van der Waals surface area (Å²) in [6, 6.07) is 0.456. The van der Waals surface area contributed by atoms with Crippen LogP contribution in [0, 0.1) is 0 Å². The van der Waals surface area contributed by atoms with Gasteiger partial charge in [-0.15, -0.1) is 0 Å². The number of sulfonamides is 1. The molecule has 118 valence electrons. The second-order valence-corrected chi connectivity index (χ2v) is 7.39. The molecule has 0 aromatic carbocycles. The summed E-state index contributed by atoms with van der Waals surface area (Å²) >= 11 is 0. The smallest absolute Gasteiger partial charge is 0.328 e. The standard InChI is InChI=1S/C13H20N2O5S/c1-13(2,17)9-7-11(20-8-9)21(18,19)15-12(16)14-10-5-3-4-6-10/h7-8,10,17H,3-6H2,1-2H3,(H2,14,15,16). The first-order valence-corrected chi connectivity index (χ1v) is 8.31. The van der Waals surface area contributed by atoms with Crippen LogP contribution in [0.5, 0.6) is 0 Å². The fourth-order valence-electron chi connectivity index (χ4n) is 2.24. The average molecular weight is 316 g/mol. The van der Waals surface area contributed by atoms with E-state index >= 15 is 0 Å². The number of rotatable bonds is 4. The number of carbonyl (C=O) groups is 1. The highest BCUT2D eigenvalue weighted by atomic mass is 32.2. The molecule has 2 rings (SSSR count). The second-order valence-electron chi connectivity index (χ2n) is 5.77. The van der Waals surface area contributed by atoms with Crippen LogP contribution in [0.15, 0.2) is 21.8 Å². The van der Waals surface area contributed by atoms with Crippen molar-refractivity contribution in [3.8, 4) is 0 Å². The SMILES string of the molecule is CC(C)(O)c1coc(S(=O)(=O)NC(=O)NC2CCCC2)c1. The summed E-state index contributed by atoms with van der Waals surface area (Å²) in [5, 5.41) is 12.0. The van der Waals surface area contributed by atoms with Gasteiger partial charge in [-0.25, -0.2) is 9.52 Å². The number of nitrogens with one attached hydrogen (secondary N) is 2. The Labute approximate surface area is 123 Å². The molecule has 0 radical (unpaired) electrons. The molecule has 0 aliphatic heterocycles. The summed E-state index contributed by atoms with van der Waals surface area (Å²) in [6.07, 6.45) is 4.94. The lowest BCUT2D eigenvalue weighted by Gasteiger charge is -2.13. The number of carbonyl (C=O) groups excluding carboxylic acids is 1. The summed E-state index contributed by atoms with van der Waals surface area (Å²) in [5.74, 6) is 0. The predicted octanol–water partition coefficient (Wildman–Crippen LogP) is 1.44. The third kappa shape index (κ3) is 3.98. The van der Waals surface area contributed by atoms with E-state index in [1.165, 1.54) is 19.9 Å². The summed E-state index contributed by atoms with van der Waals surface area (Å²) in [6.45, 7) is 3.02. The minimum Gasteiger partial charge on any atom is -0.451 e. The molecule has 1 aromatic heterocycles. The Balaban J connectivity index is 2.04. The van der Waals surface area contributed by atoms with Gasteiger partial charge in [0.2, 0.25) is 5.09 Å². The molecule has 0 unspecified atom stereocenters. The molecule has 1 aliphatic rings. The van der Waals surface area contributed by atoms with Gasteiger partial charge in [-0.3, -0.25) is 0 Å². The van der Waals surface area contributed by atoms with Crippen LogP contribution in [0.2, 0.25) is 0 Å². The maximum absolute atomic E-state index is 12.0. The molecule has 0 saturated heterocycles. The number of amides is 2. The molecule has 8 heteroatoms. The fraction of sp³-hybridized carbons (Fsp3) is 0.615. The molecule has 1 aliphatic carbocycles. The van der Waals surface area contributed by atoms with E-state index in [9.17, 15) is 18.3 Å². The maximum Gasteiger partial charge on any atom is 0.328 e. The van der Waals surface area contributed by atoms with Crippen LogP contribution in [-0.4, -0.2) is 25.6 Å². The lowest BCUT2D eigenvalue weighted by Crippen LogP contribution is -2.43. The molecule has 7 nitrogen and oxygen atoms in total. The lowest BCUT2D eigenvalue weighted by atomic mass is 10.0. The zero-order valence-corrected chi connectivity index (χ0v) is 12.9. The Morgan fingerprint density at radius 3 is 2.52 bits per heavy atom. The second kappa shape index (κ2) is 5.69. The number of urea groups is 1. The molecular formula is C13H20N2O5S. The summed E-state index contributed by atoms with van der Waals surface area (Å²) in [5.41, 5.74) is -0.900. The Morgan fingerprint density at radius 2 is 2.00 bits per heavy atom. The van der Waals surface area contributed by atoms with E-state index in [2.05, 4.69) is 5.32 Å². The van der Waals surface area contributed by atoms with Crippen molar-refractivity contribution < 1.29 is 22.7 Å². The third-order valence-corrected chi connectivity index (χ3v) is 4.66. The van der Waals surface area contributed by atoms with Gasteiger partial charge in [0.1, 0.15) is 0 Å². The van der Waals surface area contributed by atoms with Crippen molar-refractivity contribution in [2.24, 2.45) is 0 Å². The highest BCUT2D eigenvalue weighted by Crippen LogP contribution is 2.24. The number of aliphatic hydroxyl groups is 1. The topological polar surface area (TPSA) is 109 Å².